The van der Waals surface area contributed by atoms with Gasteiger partial charge >= 0.3 is 0 Å². The summed E-state index contributed by atoms with van der Waals surface area (Å²) in [5.41, 5.74) is 1.06. The molecule has 154 valence electrons. The van der Waals surface area contributed by atoms with Crippen LogP contribution >= 0.6 is 11.8 Å². The van der Waals surface area contributed by atoms with E-state index < -0.39 is 0 Å². The number of nitrogens with zero attached hydrogens (tertiary/aromatic N) is 4. The van der Waals surface area contributed by atoms with Crippen LogP contribution in [0.15, 0.2) is 58.5 Å². The van der Waals surface area contributed by atoms with Crippen molar-refractivity contribution >= 4 is 34.2 Å². The molecule has 0 saturated heterocycles. The highest BCUT2D eigenvalue weighted by Gasteiger charge is 2.18. The Kier molecular flexibility index (Phi) is 5.67. The molecule has 2 aromatic carbocycles. The minimum Gasteiger partial charge on any atom is -0.293 e. The number of thioether (sulfide) groups is 1. The number of aromatic nitrogens is 4. The minimum atomic E-state index is -0.381. The fraction of sp³-hybridized carbons (Fsp3) is 0.273. The Bertz CT molecular complexity index is 1280. The van der Waals surface area contributed by atoms with Crippen LogP contribution in [0.1, 0.15) is 30.6 Å². The molecule has 2 heterocycles. The molecule has 0 radical (unpaired) electrons. The zero-order valence-electron chi connectivity index (χ0n) is 16.7. The Morgan fingerprint density at radius 3 is 2.57 bits per heavy atom. The SMILES string of the molecule is CC(C)CCn1c(=O)c2ccccc2n2c(SCC(=O)c3ccc(F)cc3)nnc12. The molecule has 30 heavy (non-hydrogen) atoms. The number of Topliss-reactive ketones (excluding diaryl/α,β-unsaturated/α-hetero) is 1. The monoisotopic (exact) mass is 424 g/mol. The summed E-state index contributed by atoms with van der Waals surface area (Å²) in [4.78, 5) is 25.5. The number of hydrogen-bond acceptors (Lipinski definition) is 5. The maximum Gasteiger partial charge on any atom is 0.262 e. The van der Waals surface area contributed by atoms with E-state index in [9.17, 15) is 14.0 Å². The summed E-state index contributed by atoms with van der Waals surface area (Å²) >= 11 is 1.25. The first-order chi connectivity index (χ1) is 14.5. The Morgan fingerprint density at radius 1 is 1.10 bits per heavy atom. The second-order valence-corrected chi connectivity index (χ2v) is 8.44. The number of halogens is 1. The summed E-state index contributed by atoms with van der Waals surface area (Å²) < 4.78 is 16.6. The van der Waals surface area contributed by atoms with Gasteiger partial charge in [-0.15, -0.1) is 10.2 Å². The number of aryl methyl sites for hydroxylation is 1. The summed E-state index contributed by atoms with van der Waals surface area (Å²) in [7, 11) is 0. The first-order valence-corrected chi connectivity index (χ1v) is 10.7. The third-order valence-corrected chi connectivity index (χ3v) is 5.84. The molecule has 0 N–H and O–H groups in total. The van der Waals surface area contributed by atoms with Gasteiger partial charge in [0.1, 0.15) is 5.82 Å². The molecule has 0 unspecified atom stereocenters. The molecule has 2 aromatic heterocycles. The van der Waals surface area contributed by atoms with Crippen LogP contribution in [0.5, 0.6) is 0 Å². The van der Waals surface area contributed by atoms with E-state index in [4.69, 9.17) is 0 Å². The topological polar surface area (TPSA) is 69.3 Å². The Hall–Kier alpha value is -3.00. The average Bonchev–Trinajstić information content (AvgIpc) is 3.16. The number of carbonyl (C=O) groups is 1. The molecule has 0 aliphatic carbocycles. The predicted molar refractivity (Wildman–Crippen MR) is 116 cm³/mol. The lowest BCUT2D eigenvalue weighted by Crippen LogP contribution is -2.24. The van der Waals surface area contributed by atoms with Gasteiger partial charge in [-0.05, 0) is 48.7 Å². The quantitative estimate of drug-likeness (QED) is 0.328. The van der Waals surface area contributed by atoms with Crippen LogP contribution in [-0.4, -0.2) is 30.7 Å². The number of benzene rings is 2. The zero-order valence-corrected chi connectivity index (χ0v) is 17.5. The van der Waals surface area contributed by atoms with Gasteiger partial charge in [0, 0.05) is 12.1 Å². The van der Waals surface area contributed by atoms with Crippen molar-refractivity contribution in [1.82, 2.24) is 19.2 Å². The summed E-state index contributed by atoms with van der Waals surface area (Å²) in [5.74, 6) is 0.526. The molecule has 8 heteroatoms. The van der Waals surface area contributed by atoms with Gasteiger partial charge in [0.05, 0.1) is 16.7 Å². The molecule has 4 aromatic rings. The van der Waals surface area contributed by atoms with Gasteiger partial charge in [-0.25, -0.2) is 4.39 Å². The molecular weight excluding hydrogens is 403 g/mol. The van der Waals surface area contributed by atoms with E-state index in [0.29, 0.717) is 39.9 Å². The van der Waals surface area contributed by atoms with Crippen molar-refractivity contribution in [1.29, 1.82) is 0 Å². The molecular formula is C22H21FN4O2S. The van der Waals surface area contributed by atoms with Crippen molar-refractivity contribution in [3.05, 3.63) is 70.3 Å². The molecule has 0 fully saturated rings. The van der Waals surface area contributed by atoms with E-state index in [1.54, 1.807) is 10.6 Å². The van der Waals surface area contributed by atoms with Crippen molar-refractivity contribution in [2.45, 2.75) is 32.0 Å². The van der Waals surface area contributed by atoms with E-state index >= 15 is 0 Å². The van der Waals surface area contributed by atoms with E-state index in [1.165, 1.54) is 36.0 Å². The van der Waals surface area contributed by atoms with E-state index in [1.807, 2.05) is 22.6 Å². The summed E-state index contributed by atoms with van der Waals surface area (Å²) in [6.45, 7) is 4.76. The maximum absolute atomic E-state index is 13.1. The highest BCUT2D eigenvalue weighted by atomic mass is 32.2. The fourth-order valence-electron chi connectivity index (χ4n) is 3.27. The molecule has 0 saturated carbocycles. The Labute approximate surface area is 176 Å². The summed E-state index contributed by atoms with van der Waals surface area (Å²) in [5, 5.41) is 9.64. The Balaban J connectivity index is 1.73. The number of ketones is 1. The molecule has 0 spiro atoms. The van der Waals surface area contributed by atoms with Crippen LogP contribution < -0.4 is 5.56 Å². The number of hydrogen-bond donors (Lipinski definition) is 0. The van der Waals surface area contributed by atoms with Gasteiger partial charge in [-0.2, -0.15) is 0 Å². The van der Waals surface area contributed by atoms with Crippen molar-refractivity contribution in [2.75, 3.05) is 5.75 Å². The molecule has 4 rings (SSSR count). The van der Waals surface area contributed by atoms with Crippen molar-refractivity contribution < 1.29 is 9.18 Å². The van der Waals surface area contributed by atoms with Crippen LogP contribution in [0.3, 0.4) is 0 Å². The van der Waals surface area contributed by atoms with Crippen LogP contribution in [-0.2, 0) is 6.54 Å². The summed E-state index contributed by atoms with van der Waals surface area (Å²) in [6, 6.07) is 12.8. The highest BCUT2D eigenvalue weighted by Crippen LogP contribution is 2.23. The lowest BCUT2D eigenvalue weighted by atomic mass is 10.1. The standard InChI is InChI=1S/C22H21FN4O2S/c1-14(2)11-12-26-20(29)17-5-3-4-6-18(17)27-21(26)24-25-22(27)30-13-19(28)15-7-9-16(23)10-8-15/h3-10,14H,11-13H2,1-2H3. The van der Waals surface area contributed by atoms with Crippen molar-refractivity contribution in [3.8, 4) is 0 Å². The second-order valence-electron chi connectivity index (χ2n) is 7.49. The van der Waals surface area contributed by atoms with E-state index in [-0.39, 0.29) is 22.9 Å². The predicted octanol–water partition coefficient (Wildman–Crippen LogP) is 4.20. The largest absolute Gasteiger partial charge is 0.293 e. The summed E-state index contributed by atoms with van der Waals surface area (Å²) in [6.07, 6.45) is 0.840. The van der Waals surface area contributed by atoms with Crippen molar-refractivity contribution in [2.24, 2.45) is 5.92 Å². The van der Waals surface area contributed by atoms with Crippen LogP contribution in [0.25, 0.3) is 16.7 Å². The van der Waals surface area contributed by atoms with E-state index in [2.05, 4.69) is 24.0 Å². The van der Waals surface area contributed by atoms with Crippen LogP contribution in [0.4, 0.5) is 4.39 Å². The lowest BCUT2D eigenvalue weighted by Gasteiger charge is -2.12. The smallest absolute Gasteiger partial charge is 0.262 e. The first-order valence-electron chi connectivity index (χ1n) is 9.74. The minimum absolute atomic E-state index is 0.0925. The van der Waals surface area contributed by atoms with Gasteiger partial charge in [0.25, 0.3) is 5.56 Å². The van der Waals surface area contributed by atoms with E-state index in [0.717, 1.165) is 6.42 Å². The van der Waals surface area contributed by atoms with Crippen LogP contribution in [0, 0.1) is 11.7 Å². The Morgan fingerprint density at radius 2 is 1.83 bits per heavy atom. The van der Waals surface area contributed by atoms with Gasteiger partial charge in [0.2, 0.25) is 5.78 Å². The average molecular weight is 425 g/mol. The number of carbonyl (C=O) groups excluding carboxylic acids is 1. The third-order valence-electron chi connectivity index (χ3n) is 4.91. The third kappa shape index (κ3) is 3.87. The van der Waals surface area contributed by atoms with Crippen molar-refractivity contribution in [3.63, 3.8) is 0 Å². The fourth-order valence-corrected chi connectivity index (χ4v) is 4.10. The van der Waals surface area contributed by atoms with Gasteiger partial charge in [-0.3, -0.25) is 18.6 Å². The van der Waals surface area contributed by atoms with Gasteiger partial charge in [-0.1, -0.05) is 37.7 Å². The van der Waals surface area contributed by atoms with Crippen LogP contribution in [0.2, 0.25) is 0 Å². The number of para-hydroxylation sites is 1. The molecule has 0 bridgehead atoms. The maximum atomic E-state index is 13.1. The van der Waals surface area contributed by atoms with Gasteiger partial charge < -0.3 is 0 Å². The second kappa shape index (κ2) is 8.39. The first kappa shape index (κ1) is 20.3. The molecule has 0 aliphatic rings. The normalized spacial score (nSPS) is 11.6. The zero-order chi connectivity index (χ0) is 21.3. The van der Waals surface area contributed by atoms with Gasteiger partial charge in [0.15, 0.2) is 10.9 Å². The molecule has 0 atom stereocenters. The molecule has 6 nitrogen and oxygen atoms in total. The number of rotatable bonds is 7. The molecule has 0 amide bonds. The number of fused-ring (bicyclic) bond motifs is 3. The lowest BCUT2D eigenvalue weighted by molar-refractivity contribution is 0.102. The molecule has 0 aliphatic heterocycles. The highest BCUT2D eigenvalue weighted by molar-refractivity contribution is 7.99.